The molecular formula is C54H102NO10P. The lowest BCUT2D eigenvalue weighted by Crippen LogP contribution is -2.34. The maximum absolute atomic E-state index is 12.7. The molecule has 0 heterocycles. The molecule has 0 spiro atoms. The first kappa shape index (κ1) is 64.0. The van der Waals surface area contributed by atoms with Crippen LogP contribution in [0.2, 0.25) is 0 Å². The van der Waals surface area contributed by atoms with E-state index in [9.17, 15) is 23.8 Å². The fraction of sp³-hybridized carbons (Fsp3) is 0.870. The number of phosphoric acid groups is 1. The van der Waals surface area contributed by atoms with E-state index in [2.05, 4.69) is 42.7 Å². The Morgan fingerprint density at radius 3 is 1.20 bits per heavy atom. The predicted molar refractivity (Wildman–Crippen MR) is 272 cm³/mol. The predicted octanol–water partition coefficient (Wildman–Crippen LogP) is 15.7. The number of carbonyl (C=O) groups excluding carboxylic acids is 2. The van der Waals surface area contributed by atoms with Crippen molar-refractivity contribution in [3.8, 4) is 0 Å². The molecule has 0 amide bonds. The number of carbonyl (C=O) groups is 3. The van der Waals surface area contributed by atoms with Gasteiger partial charge in [-0.1, -0.05) is 237 Å². The summed E-state index contributed by atoms with van der Waals surface area (Å²) in [6, 6.07) is -1.53. The number of phosphoric ester groups is 1. The first-order valence-corrected chi connectivity index (χ1v) is 28.9. The van der Waals surface area contributed by atoms with Gasteiger partial charge in [0.25, 0.3) is 0 Å². The number of aliphatic carboxylic acids is 1. The van der Waals surface area contributed by atoms with Crippen molar-refractivity contribution < 1.29 is 47.5 Å². The summed E-state index contributed by atoms with van der Waals surface area (Å²) in [6.45, 7) is 2.83. The van der Waals surface area contributed by atoms with Gasteiger partial charge in [-0.25, -0.2) is 4.57 Å². The van der Waals surface area contributed by atoms with Crippen LogP contribution in [0.5, 0.6) is 0 Å². The van der Waals surface area contributed by atoms with Gasteiger partial charge in [-0.15, -0.1) is 0 Å². The van der Waals surface area contributed by atoms with Crippen LogP contribution in [-0.4, -0.2) is 59.9 Å². The molecule has 0 fully saturated rings. The van der Waals surface area contributed by atoms with Gasteiger partial charge in [0.2, 0.25) is 0 Å². The van der Waals surface area contributed by atoms with Crippen molar-refractivity contribution in [2.24, 2.45) is 5.73 Å². The van der Waals surface area contributed by atoms with E-state index in [0.717, 1.165) is 38.5 Å². The summed E-state index contributed by atoms with van der Waals surface area (Å²) in [5.74, 6) is -2.41. The van der Waals surface area contributed by atoms with E-state index in [1.807, 2.05) is 0 Å². The van der Waals surface area contributed by atoms with Gasteiger partial charge in [-0.3, -0.25) is 23.4 Å². The molecule has 0 aliphatic rings. The molecule has 0 aromatic heterocycles. The van der Waals surface area contributed by atoms with Crippen LogP contribution in [0.3, 0.4) is 0 Å². The average Bonchev–Trinajstić information content (AvgIpc) is 3.30. The van der Waals surface area contributed by atoms with E-state index in [0.29, 0.717) is 19.3 Å². The Morgan fingerprint density at radius 2 is 0.788 bits per heavy atom. The van der Waals surface area contributed by atoms with Gasteiger partial charge in [0.1, 0.15) is 12.6 Å². The molecule has 388 valence electrons. The zero-order valence-corrected chi connectivity index (χ0v) is 43.4. The zero-order chi connectivity index (χ0) is 48.4. The van der Waals surface area contributed by atoms with Crippen molar-refractivity contribution in [1.29, 1.82) is 0 Å². The highest BCUT2D eigenvalue weighted by Crippen LogP contribution is 2.43. The van der Waals surface area contributed by atoms with Crippen molar-refractivity contribution in [3.05, 3.63) is 24.3 Å². The summed E-state index contributed by atoms with van der Waals surface area (Å²) in [5.41, 5.74) is 5.36. The molecule has 0 radical (unpaired) electrons. The molecule has 0 rings (SSSR count). The molecule has 3 atom stereocenters. The quantitative estimate of drug-likeness (QED) is 0.0229. The Hall–Kier alpha value is -2.04. The van der Waals surface area contributed by atoms with Crippen molar-refractivity contribution in [2.75, 3.05) is 19.8 Å². The largest absolute Gasteiger partial charge is 0.480 e. The van der Waals surface area contributed by atoms with Gasteiger partial charge in [-0.2, -0.15) is 0 Å². The summed E-state index contributed by atoms with van der Waals surface area (Å²) in [4.78, 5) is 46.2. The van der Waals surface area contributed by atoms with Crippen LogP contribution in [0.25, 0.3) is 0 Å². The molecule has 0 saturated heterocycles. The van der Waals surface area contributed by atoms with Crippen LogP contribution in [0, 0.1) is 0 Å². The van der Waals surface area contributed by atoms with Crippen LogP contribution in [0.1, 0.15) is 271 Å². The summed E-state index contributed by atoms with van der Waals surface area (Å²) >= 11 is 0. The molecule has 0 aliphatic carbocycles. The lowest BCUT2D eigenvalue weighted by atomic mass is 10.0. The monoisotopic (exact) mass is 956 g/mol. The molecule has 0 saturated carbocycles. The number of unbranched alkanes of at least 4 members (excludes halogenated alkanes) is 34. The fourth-order valence-corrected chi connectivity index (χ4v) is 8.69. The minimum atomic E-state index is -4.73. The maximum Gasteiger partial charge on any atom is 0.472 e. The van der Waals surface area contributed by atoms with Crippen LogP contribution >= 0.6 is 7.82 Å². The van der Waals surface area contributed by atoms with E-state index in [1.165, 1.54) is 186 Å². The van der Waals surface area contributed by atoms with Crippen molar-refractivity contribution in [2.45, 2.75) is 283 Å². The number of carboxylic acids is 1. The van der Waals surface area contributed by atoms with Gasteiger partial charge >= 0.3 is 25.7 Å². The van der Waals surface area contributed by atoms with Gasteiger partial charge in [-0.05, 0) is 44.9 Å². The first-order chi connectivity index (χ1) is 32.1. The van der Waals surface area contributed by atoms with Crippen molar-refractivity contribution in [3.63, 3.8) is 0 Å². The van der Waals surface area contributed by atoms with Gasteiger partial charge < -0.3 is 25.2 Å². The molecule has 1 unspecified atom stereocenters. The second-order valence-electron chi connectivity index (χ2n) is 18.7. The number of hydrogen-bond acceptors (Lipinski definition) is 9. The number of rotatable bonds is 52. The third kappa shape index (κ3) is 48.4. The number of carboxylic acid groups (broad SMARTS) is 1. The molecule has 11 nitrogen and oxygen atoms in total. The minimum absolute atomic E-state index is 0.105. The summed E-state index contributed by atoms with van der Waals surface area (Å²) in [6.07, 6.45) is 55.5. The third-order valence-electron chi connectivity index (χ3n) is 12.2. The zero-order valence-electron chi connectivity index (χ0n) is 42.6. The van der Waals surface area contributed by atoms with Crippen molar-refractivity contribution in [1.82, 2.24) is 0 Å². The number of hydrogen-bond donors (Lipinski definition) is 3. The van der Waals surface area contributed by atoms with E-state index in [4.69, 9.17) is 24.8 Å². The standard InChI is InChI=1S/C54H102NO10P/c1-3-5-7-9-11-13-15-17-19-21-23-24-25-26-28-30-32-34-36-38-40-42-44-46-53(57)65-50(48-63-66(60,61)64-49-51(55)54(58)59)47-62-52(56)45-43-41-39-37-35-33-31-29-27-22-20-18-16-14-12-10-8-6-4-2/h30,32,38,40,50-51H,3-29,31,33-37,39,41-49,55H2,1-2H3,(H,58,59)(H,60,61)/b32-30+,40-38+/t50-,51+/m1/s1. The highest BCUT2D eigenvalue weighted by atomic mass is 31.2. The van der Waals surface area contributed by atoms with Crippen LogP contribution in [0.4, 0.5) is 0 Å². The molecule has 0 aliphatic heterocycles. The second kappa shape index (κ2) is 49.4. The molecular weight excluding hydrogens is 854 g/mol. The van der Waals surface area contributed by atoms with E-state index in [1.54, 1.807) is 0 Å². The van der Waals surface area contributed by atoms with Crippen molar-refractivity contribution >= 4 is 25.7 Å². The molecule has 66 heavy (non-hydrogen) atoms. The average molecular weight is 956 g/mol. The number of nitrogens with two attached hydrogens (primary N) is 1. The Balaban J connectivity index is 4.23. The SMILES string of the molecule is CCCCCCCCCCCCCCCC/C=C/CC/C=C/CCCC(=O)O[C@H](COC(=O)CCCCCCCCCCCCCCCCCCCCC)COP(=O)(O)OC[C@H](N)C(=O)O. The van der Waals surface area contributed by atoms with Gasteiger partial charge in [0.15, 0.2) is 6.10 Å². The van der Waals surface area contributed by atoms with Gasteiger partial charge in [0, 0.05) is 12.8 Å². The Labute approximate surface area is 404 Å². The number of ether oxygens (including phenoxy) is 2. The number of allylic oxidation sites excluding steroid dienone is 4. The van der Waals surface area contributed by atoms with E-state index < -0.39 is 51.1 Å². The normalized spacial score (nSPS) is 13.6. The molecule has 12 heteroatoms. The lowest BCUT2D eigenvalue weighted by Gasteiger charge is -2.20. The molecule has 0 aromatic rings. The second-order valence-corrected chi connectivity index (χ2v) is 20.2. The van der Waals surface area contributed by atoms with E-state index in [-0.39, 0.29) is 19.4 Å². The summed E-state index contributed by atoms with van der Waals surface area (Å²) in [5, 5.41) is 8.93. The maximum atomic E-state index is 12.7. The Bertz CT molecular complexity index is 1210. The van der Waals surface area contributed by atoms with Crippen LogP contribution in [0.15, 0.2) is 24.3 Å². The fourth-order valence-electron chi connectivity index (χ4n) is 7.91. The Kier molecular flexibility index (Phi) is 47.9. The molecule has 0 bridgehead atoms. The lowest BCUT2D eigenvalue weighted by molar-refractivity contribution is -0.161. The van der Waals surface area contributed by atoms with Crippen LogP contribution < -0.4 is 5.73 Å². The first-order valence-electron chi connectivity index (χ1n) is 27.4. The van der Waals surface area contributed by atoms with Crippen LogP contribution in [-0.2, 0) is 37.5 Å². The highest BCUT2D eigenvalue weighted by molar-refractivity contribution is 7.47. The third-order valence-corrected chi connectivity index (χ3v) is 13.1. The minimum Gasteiger partial charge on any atom is -0.480 e. The Morgan fingerprint density at radius 1 is 0.455 bits per heavy atom. The smallest absolute Gasteiger partial charge is 0.472 e. The summed E-state index contributed by atoms with van der Waals surface area (Å²) < 4.78 is 32.9. The molecule has 0 aromatic carbocycles. The van der Waals surface area contributed by atoms with E-state index >= 15 is 0 Å². The number of esters is 2. The van der Waals surface area contributed by atoms with Gasteiger partial charge in [0.05, 0.1) is 13.2 Å². The summed E-state index contributed by atoms with van der Waals surface area (Å²) in [7, 11) is -4.73. The highest BCUT2D eigenvalue weighted by Gasteiger charge is 2.28. The molecule has 4 N–H and O–H groups in total. The topological polar surface area (TPSA) is 172 Å².